The number of carbonyl (C=O) groups excluding carboxylic acids is 1. The van der Waals surface area contributed by atoms with Crippen LogP contribution in [0.2, 0.25) is 0 Å². The zero-order valence-corrected chi connectivity index (χ0v) is 12.8. The van der Waals surface area contributed by atoms with Crippen LogP contribution in [-0.4, -0.2) is 31.1 Å². The van der Waals surface area contributed by atoms with Crippen LogP contribution in [0.1, 0.15) is 39.5 Å². The molecular formula is C17H23NO3. The summed E-state index contributed by atoms with van der Waals surface area (Å²) in [6.07, 6.45) is 3.53. The summed E-state index contributed by atoms with van der Waals surface area (Å²) in [5.74, 6) is 2.16. The van der Waals surface area contributed by atoms with Crippen LogP contribution < -0.4 is 14.4 Å². The van der Waals surface area contributed by atoms with Crippen molar-refractivity contribution in [3.63, 3.8) is 0 Å². The van der Waals surface area contributed by atoms with Gasteiger partial charge in [0.25, 0.3) is 0 Å². The number of carbonyl (C=O) groups is 1. The maximum atomic E-state index is 11.8. The molecule has 0 aromatic heterocycles. The van der Waals surface area contributed by atoms with Gasteiger partial charge in [0, 0.05) is 31.0 Å². The molecule has 0 N–H and O–H groups in total. The molecule has 0 saturated carbocycles. The van der Waals surface area contributed by atoms with Crippen molar-refractivity contribution in [3.8, 4) is 11.5 Å². The minimum absolute atomic E-state index is 0.326. The van der Waals surface area contributed by atoms with E-state index in [9.17, 15) is 4.79 Å². The Morgan fingerprint density at radius 2 is 1.76 bits per heavy atom. The second-order valence-electron chi connectivity index (χ2n) is 5.73. The van der Waals surface area contributed by atoms with Crippen molar-refractivity contribution in [1.29, 1.82) is 0 Å². The number of Topliss-reactive ketones (excluding diaryl/α,β-unsaturated/α-hetero) is 1. The van der Waals surface area contributed by atoms with Gasteiger partial charge in [-0.3, -0.25) is 4.79 Å². The van der Waals surface area contributed by atoms with Crippen LogP contribution in [-0.2, 0) is 4.79 Å². The lowest BCUT2D eigenvalue weighted by atomic mass is 10.0. The fourth-order valence-corrected chi connectivity index (χ4v) is 3.60. The van der Waals surface area contributed by atoms with Crippen molar-refractivity contribution in [2.75, 3.05) is 18.1 Å². The van der Waals surface area contributed by atoms with Crippen molar-refractivity contribution >= 4 is 11.5 Å². The van der Waals surface area contributed by atoms with E-state index in [1.54, 1.807) is 0 Å². The highest BCUT2D eigenvalue weighted by Crippen LogP contribution is 2.43. The van der Waals surface area contributed by atoms with E-state index in [-0.39, 0.29) is 0 Å². The molecule has 0 amide bonds. The lowest BCUT2D eigenvalue weighted by molar-refractivity contribution is -0.120. The molecule has 0 aliphatic carbocycles. The lowest BCUT2D eigenvalue weighted by Gasteiger charge is -2.37. The first-order chi connectivity index (χ1) is 10.2. The Kier molecular flexibility index (Phi) is 4.04. The van der Waals surface area contributed by atoms with E-state index in [1.807, 2.05) is 26.0 Å². The minimum atomic E-state index is 0.326. The van der Waals surface area contributed by atoms with Crippen LogP contribution in [0.3, 0.4) is 0 Å². The predicted molar refractivity (Wildman–Crippen MR) is 82.3 cm³/mol. The standard InChI is InChI=1S/C17H23NO3/c1-3-20-15-7-8-17(21-4-2)16(11-15)18-12-5-6-13(18)10-14(19)9-12/h7-8,11-13H,3-6,9-10H2,1-2H3. The smallest absolute Gasteiger partial charge is 0.142 e. The van der Waals surface area contributed by atoms with Crippen LogP contribution in [0.15, 0.2) is 18.2 Å². The van der Waals surface area contributed by atoms with Gasteiger partial charge in [0.05, 0.1) is 18.9 Å². The van der Waals surface area contributed by atoms with Crippen LogP contribution in [0, 0.1) is 0 Å². The van der Waals surface area contributed by atoms with E-state index in [2.05, 4.69) is 11.0 Å². The van der Waals surface area contributed by atoms with E-state index < -0.39 is 0 Å². The Morgan fingerprint density at radius 3 is 2.38 bits per heavy atom. The number of fused-ring (bicyclic) bond motifs is 2. The highest BCUT2D eigenvalue weighted by Gasteiger charge is 2.41. The van der Waals surface area contributed by atoms with Gasteiger partial charge in [-0.05, 0) is 38.8 Å². The quantitative estimate of drug-likeness (QED) is 0.834. The molecule has 114 valence electrons. The van der Waals surface area contributed by atoms with Gasteiger partial charge in [-0.25, -0.2) is 0 Å². The molecule has 2 bridgehead atoms. The molecule has 2 aliphatic heterocycles. The van der Waals surface area contributed by atoms with Gasteiger partial charge in [0.2, 0.25) is 0 Å². The molecule has 4 heteroatoms. The number of ether oxygens (including phenoxy) is 2. The molecule has 1 aromatic carbocycles. The molecule has 2 heterocycles. The Bertz CT molecular complexity index is 513. The minimum Gasteiger partial charge on any atom is -0.494 e. The van der Waals surface area contributed by atoms with Crippen LogP contribution in [0.4, 0.5) is 5.69 Å². The van der Waals surface area contributed by atoms with Gasteiger partial charge in [-0.1, -0.05) is 0 Å². The molecule has 2 aliphatic rings. The summed E-state index contributed by atoms with van der Waals surface area (Å²) in [5, 5.41) is 0. The van der Waals surface area contributed by atoms with Crippen molar-refractivity contribution in [3.05, 3.63) is 18.2 Å². The number of piperidine rings is 1. The third kappa shape index (κ3) is 2.71. The zero-order valence-electron chi connectivity index (χ0n) is 12.8. The second-order valence-corrected chi connectivity index (χ2v) is 5.73. The van der Waals surface area contributed by atoms with Crippen LogP contribution >= 0.6 is 0 Å². The topological polar surface area (TPSA) is 38.8 Å². The molecule has 2 atom stereocenters. The average molecular weight is 289 g/mol. The maximum Gasteiger partial charge on any atom is 0.142 e. The Balaban J connectivity index is 1.95. The van der Waals surface area contributed by atoms with E-state index in [4.69, 9.17) is 9.47 Å². The highest BCUT2D eigenvalue weighted by atomic mass is 16.5. The molecule has 1 aromatic rings. The number of anilines is 1. The molecule has 0 radical (unpaired) electrons. The number of nitrogens with zero attached hydrogens (tertiary/aromatic N) is 1. The van der Waals surface area contributed by atoms with Gasteiger partial charge in [0.15, 0.2) is 0 Å². The molecule has 0 spiro atoms. The van der Waals surface area contributed by atoms with Gasteiger partial charge in [-0.15, -0.1) is 0 Å². The third-order valence-electron chi connectivity index (χ3n) is 4.37. The molecule has 2 unspecified atom stereocenters. The highest BCUT2D eigenvalue weighted by molar-refractivity contribution is 5.83. The summed E-state index contributed by atoms with van der Waals surface area (Å²) >= 11 is 0. The first-order valence-corrected chi connectivity index (χ1v) is 7.92. The summed E-state index contributed by atoms with van der Waals surface area (Å²) in [4.78, 5) is 14.2. The van der Waals surface area contributed by atoms with Gasteiger partial charge in [0.1, 0.15) is 17.3 Å². The summed E-state index contributed by atoms with van der Waals surface area (Å²) in [5.41, 5.74) is 1.09. The van der Waals surface area contributed by atoms with E-state index >= 15 is 0 Å². The van der Waals surface area contributed by atoms with Gasteiger partial charge in [-0.2, -0.15) is 0 Å². The van der Waals surface area contributed by atoms with Crippen molar-refractivity contribution in [1.82, 2.24) is 0 Å². The normalized spacial score (nSPS) is 24.3. The van der Waals surface area contributed by atoms with E-state index in [0.717, 1.165) is 30.0 Å². The van der Waals surface area contributed by atoms with E-state index in [1.165, 1.54) is 0 Å². The predicted octanol–water partition coefficient (Wildman–Crippen LogP) is 3.18. The monoisotopic (exact) mass is 289 g/mol. The summed E-state index contributed by atoms with van der Waals surface area (Å²) in [7, 11) is 0. The number of ketones is 1. The van der Waals surface area contributed by atoms with Crippen molar-refractivity contribution < 1.29 is 14.3 Å². The Labute approximate surface area is 126 Å². The summed E-state index contributed by atoms with van der Waals surface area (Å²) in [6, 6.07) is 6.66. The van der Waals surface area contributed by atoms with Gasteiger partial charge >= 0.3 is 0 Å². The Hall–Kier alpha value is -1.71. The van der Waals surface area contributed by atoms with Crippen LogP contribution in [0.5, 0.6) is 11.5 Å². The number of rotatable bonds is 5. The molecule has 2 fully saturated rings. The second kappa shape index (κ2) is 5.96. The van der Waals surface area contributed by atoms with Crippen molar-refractivity contribution in [2.45, 2.75) is 51.6 Å². The summed E-state index contributed by atoms with van der Waals surface area (Å²) < 4.78 is 11.4. The lowest BCUT2D eigenvalue weighted by Crippen LogP contribution is -2.43. The SMILES string of the molecule is CCOc1ccc(OCC)c(N2C3CCC2CC(=O)C3)c1. The zero-order chi connectivity index (χ0) is 14.8. The van der Waals surface area contributed by atoms with E-state index in [0.29, 0.717) is 43.9 Å². The average Bonchev–Trinajstić information content (AvgIpc) is 2.73. The molecule has 4 nitrogen and oxygen atoms in total. The first-order valence-electron chi connectivity index (χ1n) is 7.92. The Morgan fingerprint density at radius 1 is 1.10 bits per heavy atom. The molecule has 2 saturated heterocycles. The third-order valence-corrected chi connectivity index (χ3v) is 4.37. The number of benzene rings is 1. The molecule has 3 rings (SSSR count). The van der Waals surface area contributed by atoms with Crippen molar-refractivity contribution in [2.24, 2.45) is 0 Å². The number of hydrogen-bond donors (Lipinski definition) is 0. The fraction of sp³-hybridized carbons (Fsp3) is 0.588. The summed E-state index contributed by atoms with van der Waals surface area (Å²) in [6.45, 7) is 5.27. The molecular weight excluding hydrogens is 266 g/mol. The maximum absolute atomic E-state index is 11.8. The largest absolute Gasteiger partial charge is 0.494 e. The fourth-order valence-electron chi connectivity index (χ4n) is 3.60. The number of hydrogen-bond acceptors (Lipinski definition) is 4. The van der Waals surface area contributed by atoms with Gasteiger partial charge < -0.3 is 14.4 Å². The van der Waals surface area contributed by atoms with Crippen LogP contribution in [0.25, 0.3) is 0 Å². The first kappa shape index (κ1) is 14.2. The molecule has 21 heavy (non-hydrogen) atoms.